The first-order chi connectivity index (χ1) is 8.74. The molecule has 0 unspecified atom stereocenters. The van der Waals surface area contributed by atoms with Crippen LogP contribution in [-0.2, 0) is 6.54 Å². The molecular weight excluding hydrogens is 340 g/mol. The fourth-order valence-corrected chi connectivity index (χ4v) is 2.47. The number of rotatable bonds is 2. The van der Waals surface area contributed by atoms with Crippen LogP contribution in [0.4, 0.5) is 4.39 Å². The monoisotopic (exact) mass is 351 g/mol. The summed E-state index contributed by atoms with van der Waals surface area (Å²) < 4.78 is 16.9. The first-order valence-electron chi connectivity index (χ1n) is 5.72. The summed E-state index contributed by atoms with van der Waals surface area (Å²) in [5, 5.41) is 0.683. The van der Waals surface area contributed by atoms with E-state index in [1.54, 1.807) is 6.07 Å². The van der Waals surface area contributed by atoms with E-state index in [4.69, 9.17) is 0 Å². The molecule has 0 aliphatic rings. The molecule has 0 aliphatic heterocycles. The zero-order valence-corrected chi connectivity index (χ0v) is 11.8. The van der Waals surface area contributed by atoms with Crippen LogP contribution >= 0.6 is 22.6 Å². The van der Waals surface area contributed by atoms with Crippen LogP contribution in [0.15, 0.2) is 54.7 Å². The van der Waals surface area contributed by atoms with Crippen LogP contribution in [0, 0.1) is 9.39 Å². The zero-order valence-electron chi connectivity index (χ0n) is 9.61. The van der Waals surface area contributed by atoms with Crippen molar-refractivity contribution in [1.29, 1.82) is 0 Å². The van der Waals surface area contributed by atoms with Gasteiger partial charge in [0.1, 0.15) is 5.82 Å². The molecule has 0 radical (unpaired) electrons. The fraction of sp³-hybridized carbons (Fsp3) is 0.0667. The van der Waals surface area contributed by atoms with Crippen molar-refractivity contribution in [2.75, 3.05) is 0 Å². The smallest absolute Gasteiger partial charge is 0.132 e. The molecular formula is C15H11FIN. The van der Waals surface area contributed by atoms with Gasteiger partial charge in [-0.15, -0.1) is 0 Å². The quantitative estimate of drug-likeness (QED) is 0.602. The van der Waals surface area contributed by atoms with Crippen molar-refractivity contribution in [3.05, 3.63) is 69.7 Å². The van der Waals surface area contributed by atoms with Crippen LogP contribution in [0.5, 0.6) is 0 Å². The third-order valence-corrected chi connectivity index (χ3v) is 3.75. The van der Waals surface area contributed by atoms with Crippen molar-refractivity contribution >= 4 is 33.5 Å². The Morgan fingerprint density at radius 3 is 2.56 bits per heavy atom. The highest BCUT2D eigenvalue weighted by molar-refractivity contribution is 14.1. The highest BCUT2D eigenvalue weighted by Gasteiger charge is 2.05. The van der Waals surface area contributed by atoms with E-state index in [2.05, 4.69) is 51.4 Å². The highest BCUT2D eigenvalue weighted by Crippen LogP contribution is 2.20. The first-order valence-corrected chi connectivity index (χ1v) is 6.80. The molecule has 0 fully saturated rings. The molecule has 2 aromatic carbocycles. The standard InChI is InChI=1S/C15H11FIN/c16-14-2-1-3-15-13(14)8-9-18(15)10-11-4-6-12(17)7-5-11/h1-9H,10H2. The molecule has 90 valence electrons. The van der Waals surface area contributed by atoms with Gasteiger partial charge in [0, 0.05) is 21.7 Å². The van der Waals surface area contributed by atoms with E-state index >= 15 is 0 Å². The van der Waals surface area contributed by atoms with E-state index in [-0.39, 0.29) is 5.82 Å². The van der Waals surface area contributed by atoms with E-state index in [0.29, 0.717) is 5.39 Å². The second-order valence-electron chi connectivity index (χ2n) is 4.24. The van der Waals surface area contributed by atoms with Crippen LogP contribution in [0.2, 0.25) is 0 Å². The Balaban J connectivity index is 2.00. The van der Waals surface area contributed by atoms with Gasteiger partial charge in [-0.2, -0.15) is 0 Å². The Labute approximate surface area is 118 Å². The molecule has 3 rings (SSSR count). The molecule has 0 saturated carbocycles. The Morgan fingerprint density at radius 1 is 1.00 bits per heavy atom. The average Bonchev–Trinajstić information content (AvgIpc) is 2.77. The molecule has 0 amide bonds. The number of benzene rings is 2. The lowest BCUT2D eigenvalue weighted by molar-refractivity contribution is 0.639. The molecule has 1 nitrogen and oxygen atoms in total. The predicted octanol–water partition coefficient (Wildman–Crippen LogP) is 4.43. The summed E-state index contributed by atoms with van der Waals surface area (Å²) in [6.07, 6.45) is 1.94. The van der Waals surface area contributed by atoms with Crippen LogP contribution in [0.1, 0.15) is 5.56 Å². The number of halogens is 2. The lowest BCUT2D eigenvalue weighted by atomic mass is 10.2. The number of fused-ring (bicyclic) bond motifs is 1. The van der Waals surface area contributed by atoms with Crippen LogP contribution in [0.3, 0.4) is 0 Å². The second-order valence-corrected chi connectivity index (χ2v) is 5.49. The van der Waals surface area contributed by atoms with Crippen LogP contribution in [0.25, 0.3) is 10.9 Å². The molecule has 0 N–H and O–H groups in total. The molecule has 0 atom stereocenters. The number of hydrogen-bond acceptors (Lipinski definition) is 0. The van der Waals surface area contributed by atoms with Crippen molar-refractivity contribution in [2.24, 2.45) is 0 Å². The molecule has 18 heavy (non-hydrogen) atoms. The lowest BCUT2D eigenvalue weighted by Gasteiger charge is -2.06. The van der Waals surface area contributed by atoms with E-state index in [0.717, 1.165) is 12.1 Å². The van der Waals surface area contributed by atoms with E-state index < -0.39 is 0 Å². The first kappa shape index (κ1) is 11.7. The minimum Gasteiger partial charge on any atom is -0.343 e. The third-order valence-electron chi connectivity index (χ3n) is 3.03. The topological polar surface area (TPSA) is 4.93 Å². The largest absolute Gasteiger partial charge is 0.343 e. The Morgan fingerprint density at radius 2 is 1.78 bits per heavy atom. The third kappa shape index (κ3) is 2.14. The van der Waals surface area contributed by atoms with Gasteiger partial charge >= 0.3 is 0 Å². The summed E-state index contributed by atoms with van der Waals surface area (Å²) >= 11 is 2.29. The van der Waals surface area contributed by atoms with Gasteiger partial charge in [-0.25, -0.2) is 4.39 Å². The summed E-state index contributed by atoms with van der Waals surface area (Å²) in [6.45, 7) is 0.768. The van der Waals surface area contributed by atoms with Crippen molar-refractivity contribution in [3.63, 3.8) is 0 Å². The maximum atomic E-state index is 13.6. The molecule has 3 aromatic rings. The molecule has 1 aromatic heterocycles. The lowest BCUT2D eigenvalue weighted by Crippen LogP contribution is -1.97. The van der Waals surface area contributed by atoms with Crippen LogP contribution < -0.4 is 0 Å². The summed E-state index contributed by atoms with van der Waals surface area (Å²) in [5.74, 6) is -0.158. The molecule has 0 bridgehead atoms. The van der Waals surface area contributed by atoms with Gasteiger partial charge in [0.05, 0.1) is 5.52 Å². The van der Waals surface area contributed by atoms with Gasteiger partial charge in [0.25, 0.3) is 0 Å². The highest BCUT2D eigenvalue weighted by atomic mass is 127. The van der Waals surface area contributed by atoms with Crippen molar-refractivity contribution in [2.45, 2.75) is 6.54 Å². The average molecular weight is 351 g/mol. The normalized spacial score (nSPS) is 11.0. The summed E-state index contributed by atoms with van der Waals surface area (Å²) in [5.41, 5.74) is 2.16. The molecule has 0 spiro atoms. The number of aromatic nitrogens is 1. The molecule has 1 heterocycles. The van der Waals surface area contributed by atoms with Gasteiger partial charge in [0.15, 0.2) is 0 Å². The summed E-state index contributed by atoms with van der Waals surface area (Å²) in [4.78, 5) is 0. The van der Waals surface area contributed by atoms with E-state index in [9.17, 15) is 4.39 Å². The maximum Gasteiger partial charge on any atom is 0.132 e. The SMILES string of the molecule is Fc1cccc2c1ccn2Cc1ccc(I)cc1. The van der Waals surface area contributed by atoms with E-state index in [1.165, 1.54) is 15.2 Å². The van der Waals surface area contributed by atoms with Gasteiger partial charge in [-0.1, -0.05) is 18.2 Å². The minimum atomic E-state index is -0.158. The zero-order chi connectivity index (χ0) is 12.5. The van der Waals surface area contributed by atoms with Gasteiger partial charge < -0.3 is 4.57 Å². The minimum absolute atomic E-state index is 0.158. The second kappa shape index (κ2) is 4.72. The van der Waals surface area contributed by atoms with Crippen molar-refractivity contribution in [1.82, 2.24) is 4.57 Å². The van der Waals surface area contributed by atoms with Gasteiger partial charge in [0.2, 0.25) is 0 Å². The van der Waals surface area contributed by atoms with Crippen molar-refractivity contribution < 1.29 is 4.39 Å². The number of hydrogen-bond donors (Lipinski definition) is 0. The van der Waals surface area contributed by atoms with Crippen LogP contribution in [-0.4, -0.2) is 4.57 Å². The summed E-state index contributed by atoms with van der Waals surface area (Å²) in [6, 6.07) is 15.4. The predicted molar refractivity (Wildman–Crippen MR) is 80.2 cm³/mol. The van der Waals surface area contributed by atoms with Gasteiger partial charge in [-0.05, 0) is 58.5 Å². The number of nitrogens with zero attached hydrogens (tertiary/aromatic N) is 1. The molecule has 0 aliphatic carbocycles. The fourth-order valence-electron chi connectivity index (χ4n) is 2.11. The maximum absolute atomic E-state index is 13.6. The molecule has 0 saturated heterocycles. The van der Waals surface area contributed by atoms with Crippen molar-refractivity contribution in [3.8, 4) is 0 Å². The summed E-state index contributed by atoms with van der Waals surface area (Å²) in [7, 11) is 0. The Hall–Kier alpha value is -1.36. The van der Waals surface area contributed by atoms with E-state index in [1.807, 2.05) is 18.3 Å². The van der Waals surface area contributed by atoms with Gasteiger partial charge in [-0.3, -0.25) is 0 Å². The Bertz CT molecular complexity index is 685. The Kier molecular flexibility index (Phi) is 3.07. The molecule has 3 heteroatoms.